The summed E-state index contributed by atoms with van der Waals surface area (Å²) in [5.41, 5.74) is 4.59. The molecule has 3 aromatic rings. The lowest BCUT2D eigenvalue weighted by atomic mass is 10.0. The number of hydrogen-bond acceptors (Lipinski definition) is 3. The van der Waals surface area contributed by atoms with Gasteiger partial charge in [-0.1, -0.05) is 60.2 Å². The lowest BCUT2D eigenvalue weighted by Gasteiger charge is -2.15. The van der Waals surface area contributed by atoms with Crippen LogP contribution in [-0.4, -0.2) is 6.61 Å². The van der Waals surface area contributed by atoms with Gasteiger partial charge < -0.3 is 9.47 Å². The molecule has 0 aromatic heterocycles. The summed E-state index contributed by atoms with van der Waals surface area (Å²) in [5.74, 6) is 1.30. The number of nitriles is 1. The molecule has 0 amide bonds. The molecule has 146 valence electrons. The summed E-state index contributed by atoms with van der Waals surface area (Å²) < 4.78 is 12.6. The summed E-state index contributed by atoms with van der Waals surface area (Å²) in [7, 11) is 0. The molecule has 3 rings (SSSR count). The highest BCUT2D eigenvalue weighted by atomic mass is 79.9. The topological polar surface area (TPSA) is 42.2 Å². The summed E-state index contributed by atoms with van der Waals surface area (Å²) in [4.78, 5) is 0. The normalized spacial score (nSPS) is 11.0. The molecule has 0 bridgehead atoms. The molecule has 3 aromatic carbocycles. The van der Waals surface area contributed by atoms with Gasteiger partial charge in [-0.2, -0.15) is 5.26 Å². The highest BCUT2D eigenvalue weighted by Crippen LogP contribution is 2.38. The van der Waals surface area contributed by atoms with E-state index in [4.69, 9.17) is 9.47 Å². The van der Waals surface area contributed by atoms with E-state index in [9.17, 15) is 5.26 Å². The van der Waals surface area contributed by atoms with Crippen molar-refractivity contribution < 1.29 is 9.47 Å². The van der Waals surface area contributed by atoms with Crippen molar-refractivity contribution in [1.82, 2.24) is 0 Å². The SMILES string of the molecule is CCOc1cc(/C=C(\C#N)c2ccc(C)cc2)cc(Br)c1OCc1ccccc1. The molecular formula is C25H22BrNO2. The Kier molecular flexibility index (Phi) is 7.10. The number of ether oxygens (including phenoxy) is 2. The first-order valence-corrected chi connectivity index (χ1v) is 10.2. The standard InChI is InChI=1S/C25H22BrNO2/c1-3-28-24-15-20(13-22(16-27)21-11-9-18(2)10-12-21)14-23(26)25(24)29-17-19-7-5-4-6-8-19/h4-15H,3,17H2,1-2H3/b22-13+. The van der Waals surface area contributed by atoms with Crippen LogP contribution in [0.2, 0.25) is 0 Å². The fourth-order valence-electron chi connectivity index (χ4n) is 2.88. The second-order valence-corrected chi connectivity index (χ2v) is 7.43. The minimum Gasteiger partial charge on any atom is -0.490 e. The number of aryl methyl sites for hydroxylation is 1. The van der Waals surface area contributed by atoms with Crippen molar-refractivity contribution in [3.05, 3.63) is 93.5 Å². The van der Waals surface area contributed by atoms with E-state index < -0.39 is 0 Å². The van der Waals surface area contributed by atoms with Gasteiger partial charge in [0.25, 0.3) is 0 Å². The van der Waals surface area contributed by atoms with Gasteiger partial charge in [0.05, 0.1) is 22.7 Å². The number of rotatable bonds is 7. The third-order valence-corrected chi connectivity index (χ3v) is 4.94. The summed E-state index contributed by atoms with van der Waals surface area (Å²) in [6.07, 6.45) is 1.86. The van der Waals surface area contributed by atoms with E-state index >= 15 is 0 Å². The van der Waals surface area contributed by atoms with Gasteiger partial charge in [0.15, 0.2) is 11.5 Å². The average Bonchev–Trinajstić information content (AvgIpc) is 2.73. The molecule has 0 heterocycles. The van der Waals surface area contributed by atoms with Crippen molar-refractivity contribution in [3.8, 4) is 17.6 Å². The number of hydrogen-bond donors (Lipinski definition) is 0. The molecule has 0 saturated carbocycles. The van der Waals surface area contributed by atoms with Crippen LogP contribution >= 0.6 is 15.9 Å². The van der Waals surface area contributed by atoms with E-state index in [0.29, 0.717) is 30.3 Å². The van der Waals surface area contributed by atoms with Gasteiger partial charge >= 0.3 is 0 Å². The molecule has 0 N–H and O–H groups in total. The van der Waals surface area contributed by atoms with Gasteiger partial charge in [-0.05, 0) is 64.7 Å². The predicted molar refractivity (Wildman–Crippen MR) is 121 cm³/mol. The maximum absolute atomic E-state index is 9.63. The zero-order valence-corrected chi connectivity index (χ0v) is 18.1. The molecule has 0 atom stereocenters. The van der Waals surface area contributed by atoms with E-state index in [1.54, 1.807) is 0 Å². The van der Waals surface area contributed by atoms with E-state index in [1.807, 2.05) is 86.7 Å². The first kappa shape index (κ1) is 20.7. The van der Waals surface area contributed by atoms with Gasteiger partial charge in [-0.25, -0.2) is 0 Å². The van der Waals surface area contributed by atoms with Crippen molar-refractivity contribution in [2.24, 2.45) is 0 Å². The van der Waals surface area contributed by atoms with Crippen molar-refractivity contribution in [2.45, 2.75) is 20.5 Å². The molecule has 0 unspecified atom stereocenters. The minimum atomic E-state index is 0.446. The molecule has 0 saturated heterocycles. The van der Waals surface area contributed by atoms with Crippen LogP contribution in [0.15, 0.2) is 71.2 Å². The zero-order valence-electron chi connectivity index (χ0n) is 16.5. The largest absolute Gasteiger partial charge is 0.490 e. The fourth-order valence-corrected chi connectivity index (χ4v) is 3.46. The summed E-state index contributed by atoms with van der Waals surface area (Å²) in [6.45, 7) is 4.93. The zero-order chi connectivity index (χ0) is 20.6. The summed E-state index contributed by atoms with van der Waals surface area (Å²) in [6, 6.07) is 24.0. The average molecular weight is 448 g/mol. The van der Waals surface area contributed by atoms with Gasteiger partial charge in [0, 0.05) is 0 Å². The van der Waals surface area contributed by atoms with Gasteiger partial charge in [-0.15, -0.1) is 0 Å². The molecule has 0 fully saturated rings. The van der Waals surface area contributed by atoms with E-state index in [2.05, 4.69) is 22.0 Å². The lowest BCUT2D eigenvalue weighted by molar-refractivity contribution is 0.267. The third-order valence-electron chi connectivity index (χ3n) is 4.35. The molecular weight excluding hydrogens is 426 g/mol. The fraction of sp³-hybridized carbons (Fsp3) is 0.160. The van der Waals surface area contributed by atoms with Crippen LogP contribution in [0, 0.1) is 18.3 Å². The van der Waals surface area contributed by atoms with E-state index in [1.165, 1.54) is 0 Å². The van der Waals surface area contributed by atoms with Crippen LogP contribution in [0.25, 0.3) is 11.6 Å². The molecule has 0 aliphatic carbocycles. The Bertz CT molecular complexity index is 1030. The third kappa shape index (κ3) is 5.49. The van der Waals surface area contributed by atoms with Crippen molar-refractivity contribution in [1.29, 1.82) is 5.26 Å². The van der Waals surface area contributed by atoms with Gasteiger partial charge in [0.1, 0.15) is 6.61 Å². The maximum Gasteiger partial charge on any atom is 0.175 e. The van der Waals surface area contributed by atoms with E-state index in [0.717, 1.165) is 26.7 Å². The van der Waals surface area contributed by atoms with E-state index in [-0.39, 0.29) is 0 Å². The Morgan fingerprint density at radius 3 is 2.41 bits per heavy atom. The smallest absolute Gasteiger partial charge is 0.175 e. The van der Waals surface area contributed by atoms with Crippen LogP contribution in [0.1, 0.15) is 29.2 Å². The predicted octanol–water partition coefficient (Wildman–Crippen LogP) is 6.80. The number of benzene rings is 3. The van der Waals surface area contributed by atoms with Crippen LogP contribution in [0.3, 0.4) is 0 Å². The Morgan fingerprint density at radius 1 is 1.03 bits per heavy atom. The first-order valence-electron chi connectivity index (χ1n) is 9.42. The molecule has 0 radical (unpaired) electrons. The Labute approximate surface area is 180 Å². The lowest BCUT2D eigenvalue weighted by Crippen LogP contribution is -2.01. The minimum absolute atomic E-state index is 0.446. The van der Waals surface area contributed by atoms with Crippen molar-refractivity contribution >= 4 is 27.6 Å². The molecule has 0 aliphatic rings. The van der Waals surface area contributed by atoms with Crippen LogP contribution in [-0.2, 0) is 6.61 Å². The molecule has 0 spiro atoms. The highest BCUT2D eigenvalue weighted by molar-refractivity contribution is 9.10. The van der Waals surface area contributed by atoms with Gasteiger partial charge in [-0.3, -0.25) is 0 Å². The molecule has 0 aliphatic heterocycles. The highest BCUT2D eigenvalue weighted by Gasteiger charge is 2.13. The van der Waals surface area contributed by atoms with Gasteiger partial charge in [0.2, 0.25) is 0 Å². The van der Waals surface area contributed by atoms with Crippen LogP contribution < -0.4 is 9.47 Å². The van der Waals surface area contributed by atoms with Crippen LogP contribution in [0.5, 0.6) is 11.5 Å². The quantitative estimate of drug-likeness (QED) is 0.295. The Hall–Kier alpha value is -3.03. The van der Waals surface area contributed by atoms with Crippen molar-refractivity contribution in [2.75, 3.05) is 6.61 Å². The molecule has 3 nitrogen and oxygen atoms in total. The first-order chi connectivity index (χ1) is 14.1. The second-order valence-electron chi connectivity index (χ2n) is 6.57. The monoisotopic (exact) mass is 447 g/mol. The molecule has 4 heteroatoms. The van der Waals surface area contributed by atoms with Crippen molar-refractivity contribution in [3.63, 3.8) is 0 Å². The van der Waals surface area contributed by atoms with Crippen LogP contribution in [0.4, 0.5) is 0 Å². The maximum atomic E-state index is 9.63. The number of halogens is 1. The summed E-state index contributed by atoms with van der Waals surface area (Å²) in [5, 5.41) is 9.63. The summed E-state index contributed by atoms with van der Waals surface area (Å²) >= 11 is 3.60. The molecule has 29 heavy (non-hydrogen) atoms. The second kappa shape index (κ2) is 9.95. The number of nitrogens with zero attached hydrogens (tertiary/aromatic N) is 1. The number of allylic oxidation sites excluding steroid dienone is 1. The Morgan fingerprint density at radius 2 is 1.76 bits per heavy atom. The Balaban J connectivity index is 1.92.